The Morgan fingerprint density at radius 1 is 1.08 bits per heavy atom. The number of fused-ring (bicyclic) bond motifs is 2. The van der Waals surface area contributed by atoms with Gasteiger partial charge in [-0.05, 0) is 38.3 Å². The Bertz CT molecular complexity index is 626. The van der Waals surface area contributed by atoms with Gasteiger partial charge in [-0.1, -0.05) is 56.0 Å². The summed E-state index contributed by atoms with van der Waals surface area (Å²) in [7, 11) is 2.11. The number of piperidine rings is 1. The number of carbonyl (C=O) groups excluding carboxylic acids is 1. The molecule has 1 heterocycles. The second kappa shape index (κ2) is 7.32. The van der Waals surface area contributed by atoms with Crippen molar-refractivity contribution in [2.45, 2.75) is 69.1 Å². The van der Waals surface area contributed by atoms with E-state index in [0.717, 1.165) is 45.1 Å². The molecule has 1 aliphatic heterocycles. The average molecular weight is 357 g/mol. The molecule has 3 aliphatic rings. The predicted molar refractivity (Wildman–Crippen MR) is 101 cm³/mol. The number of hydrogen-bond acceptors (Lipinski definition) is 4. The third-order valence-electron chi connectivity index (χ3n) is 6.98. The van der Waals surface area contributed by atoms with Crippen molar-refractivity contribution >= 4 is 5.97 Å². The molecule has 0 radical (unpaired) electrons. The van der Waals surface area contributed by atoms with Gasteiger partial charge in [0.05, 0.1) is 0 Å². The number of likely N-dealkylation sites (N-methyl/N-ethyl adjacent to an activating group) is 1. The molecule has 0 spiro atoms. The summed E-state index contributed by atoms with van der Waals surface area (Å²) < 4.78 is 6.05. The van der Waals surface area contributed by atoms with E-state index in [9.17, 15) is 9.90 Å². The van der Waals surface area contributed by atoms with Crippen LogP contribution < -0.4 is 0 Å². The Balaban J connectivity index is 1.61. The highest BCUT2D eigenvalue weighted by Gasteiger charge is 2.52. The third kappa shape index (κ3) is 3.07. The highest BCUT2D eigenvalue weighted by Crippen LogP contribution is 2.43. The predicted octanol–water partition coefficient (Wildman–Crippen LogP) is 3.48. The lowest BCUT2D eigenvalue weighted by Crippen LogP contribution is -2.47. The maximum atomic E-state index is 13.4. The molecule has 1 aromatic rings. The van der Waals surface area contributed by atoms with E-state index in [1.165, 1.54) is 12.8 Å². The lowest BCUT2D eigenvalue weighted by Gasteiger charge is -2.35. The molecule has 4 heteroatoms. The van der Waals surface area contributed by atoms with Crippen LogP contribution in [0, 0.1) is 11.8 Å². The summed E-state index contributed by atoms with van der Waals surface area (Å²) in [5, 5.41) is 11.7. The fourth-order valence-electron chi connectivity index (χ4n) is 5.50. The number of rotatable bonds is 4. The van der Waals surface area contributed by atoms with Crippen LogP contribution >= 0.6 is 0 Å². The number of aliphatic hydroxyl groups is 1. The first-order valence-electron chi connectivity index (χ1n) is 10.3. The van der Waals surface area contributed by atoms with Crippen LogP contribution in [0.25, 0.3) is 0 Å². The first kappa shape index (κ1) is 18.0. The molecule has 4 unspecified atom stereocenters. The molecular weight excluding hydrogens is 326 g/mol. The van der Waals surface area contributed by atoms with Crippen molar-refractivity contribution < 1.29 is 14.6 Å². The standard InChI is InChI=1S/C22H31NO3/c1-23-15-16-13-14-19(23)20(16)26-21(24)22(25,18-11-7-4-8-12-18)17-9-5-2-3-6-10-17/h4,7-8,11-12,16-17,19-20,25H,2-3,5-6,9-10,13-15H2,1H3. The number of esters is 1. The molecule has 4 nitrogen and oxygen atoms in total. The summed E-state index contributed by atoms with van der Waals surface area (Å²) >= 11 is 0. The molecule has 1 aromatic carbocycles. The monoisotopic (exact) mass is 357 g/mol. The van der Waals surface area contributed by atoms with Crippen molar-refractivity contribution in [3.8, 4) is 0 Å². The Labute approximate surface area is 156 Å². The van der Waals surface area contributed by atoms with Crippen molar-refractivity contribution in [1.29, 1.82) is 0 Å². The SMILES string of the molecule is CN1CC2CCC1C2OC(=O)C(O)(c1ccccc1)C1CCCCCC1. The zero-order valence-corrected chi connectivity index (χ0v) is 15.8. The summed E-state index contributed by atoms with van der Waals surface area (Å²) in [6.45, 7) is 0.996. The van der Waals surface area contributed by atoms with E-state index in [-0.39, 0.29) is 12.0 Å². The number of carbonyl (C=O) groups is 1. The van der Waals surface area contributed by atoms with Crippen LogP contribution in [0.3, 0.4) is 0 Å². The van der Waals surface area contributed by atoms with Crippen molar-refractivity contribution in [3.05, 3.63) is 35.9 Å². The normalized spacial score (nSPS) is 32.2. The largest absolute Gasteiger partial charge is 0.458 e. The Hall–Kier alpha value is -1.39. The molecule has 142 valence electrons. The lowest BCUT2D eigenvalue weighted by molar-refractivity contribution is -0.182. The maximum absolute atomic E-state index is 13.4. The zero-order chi connectivity index (χ0) is 18.1. The molecular formula is C22H31NO3. The lowest BCUT2D eigenvalue weighted by atomic mass is 9.77. The minimum atomic E-state index is -1.52. The summed E-state index contributed by atoms with van der Waals surface area (Å²) in [4.78, 5) is 15.7. The van der Waals surface area contributed by atoms with Gasteiger partial charge in [-0.2, -0.15) is 0 Å². The maximum Gasteiger partial charge on any atom is 0.343 e. The van der Waals surface area contributed by atoms with Gasteiger partial charge in [0.1, 0.15) is 6.10 Å². The molecule has 0 aromatic heterocycles. The second-order valence-electron chi connectivity index (χ2n) is 8.54. The van der Waals surface area contributed by atoms with Gasteiger partial charge in [0.15, 0.2) is 5.60 Å². The minimum Gasteiger partial charge on any atom is -0.458 e. The average Bonchev–Trinajstić information content (AvgIpc) is 3.03. The summed E-state index contributed by atoms with van der Waals surface area (Å²) in [5.74, 6) is -0.0624. The highest BCUT2D eigenvalue weighted by atomic mass is 16.6. The zero-order valence-electron chi connectivity index (χ0n) is 15.8. The summed E-state index contributed by atoms with van der Waals surface area (Å²) in [6.07, 6.45) is 8.45. The molecule has 3 fully saturated rings. The molecule has 26 heavy (non-hydrogen) atoms. The van der Waals surface area contributed by atoms with Crippen LogP contribution in [0.15, 0.2) is 30.3 Å². The molecule has 2 saturated carbocycles. The van der Waals surface area contributed by atoms with Gasteiger partial charge >= 0.3 is 5.97 Å². The minimum absolute atomic E-state index is 0.0586. The van der Waals surface area contributed by atoms with E-state index in [1.807, 2.05) is 30.3 Å². The van der Waals surface area contributed by atoms with Crippen LogP contribution in [0.2, 0.25) is 0 Å². The Morgan fingerprint density at radius 3 is 2.35 bits per heavy atom. The van der Waals surface area contributed by atoms with Crippen molar-refractivity contribution in [3.63, 3.8) is 0 Å². The fraction of sp³-hybridized carbons (Fsp3) is 0.682. The molecule has 1 N–H and O–H groups in total. The van der Waals surface area contributed by atoms with Gasteiger partial charge in [0.25, 0.3) is 0 Å². The second-order valence-corrected chi connectivity index (χ2v) is 8.54. The molecule has 2 aliphatic carbocycles. The molecule has 0 amide bonds. The van der Waals surface area contributed by atoms with Gasteiger partial charge in [-0.25, -0.2) is 4.79 Å². The van der Waals surface area contributed by atoms with E-state index >= 15 is 0 Å². The van der Waals surface area contributed by atoms with E-state index in [1.54, 1.807) is 0 Å². The molecule has 4 atom stereocenters. The van der Waals surface area contributed by atoms with E-state index in [0.29, 0.717) is 17.5 Å². The van der Waals surface area contributed by atoms with E-state index in [2.05, 4.69) is 11.9 Å². The van der Waals surface area contributed by atoms with Crippen molar-refractivity contribution in [2.24, 2.45) is 11.8 Å². The first-order chi connectivity index (χ1) is 12.6. The van der Waals surface area contributed by atoms with Gasteiger partial charge in [0, 0.05) is 24.4 Å². The van der Waals surface area contributed by atoms with Crippen LogP contribution in [0.1, 0.15) is 56.9 Å². The van der Waals surface area contributed by atoms with Gasteiger partial charge in [-0.15, -0.1) is 0 Å². The van der Waals surface area contributed by atoms with Crippen molar-refractivity contribution in [2.75, 3.05) is 13.6 Å². The number of nitrogens with zero attached hydrogens (tertiary/aromatic N) is 1. The quantitative estimate of drug-likeness (QED) is 0.662. The highest BCUT2D eigenvalue weighted by molar-refractivity contribution is 5.82. The fourth-order valence-corrected chi connectivity index (χ4v) is 5.50. The number of hydrogen-bond donors (Lipinski definition) is 1. The Kier molecular flexibility index (Phi) is 5.07. The van der Waals surface area contributed by atoms with Crippen LogP contribution in [-0.4, -0.2) is 41.7 Å². The Morgan fingerprint density at radius 2 is 1.77 bits per heavy atom. The molecule has 2 bridgehead atoms. The van der Waals surface area contributed by atoms with E-state index in [4.69, 9.17) is 4.74 Å². The number of ether oxygens (including phenoxy) is 1. The van der Waals surface area contributed by atoms with Crippen LogP contribution in [-0.2, 0) is 15.1 Å². The first-order valence-corrected chi connectivity index (χ1v) is 10.3. The number of likely N-dealkylation sites (tertiary alicyclic amines) is 1. The van der Waals surface area contributed by atoms with Crippen molar-refractivity contribution in [1.82, 2.24) is 4.90 Å². The van der Waals surface area contributed by atoms with Crippen LogP contribution in [0.4, 0.5) is 0 Å². The van der Waals surface area contributed by atoms with Gasteiger partial charge in [-0.3, -0.25) is 4.90 Å². The summed E-state index contributed by atoms with van der Waals surface area (Å²) in [6, 6.07) is 9.80. The van der Waals surface area contributed by atoms with Gasteiger partial charge < -0.3 is 9.84 Å². The molecule has 4 rings (SSSR count). The molecule has 1 saturated heterocycles. The van der Waals surface area contributed by atoms with E-state index < -0.39 is 11.6 Å². The number of benzene rings is 1. The third-order valence-corrected chi connectivity index (χ3v) is 6.98. The van der Waals surface area contributed by atoms with Gasteiger partial charge in [0.2, 0.25) is 0 Å². The topological polar surface area (TPSA) is 49.8 Å². The smallest absolute Gasteiger partial charge is 0.343 e. The summed E-state index contributed by atoms with van der Waals surface area (Å²) in [5.41, 5.74) is -0.831. The van der Waals surface area contributed by atoms with Crippen LogP contribution in [0.5, 0.6) is 0 Å².